The smallest absolute Gasteiger partial charge is 0.203 e. The molecule has 0 amide bonds. The van der Waals surface area contributed by atoms with Crippen molar-refractivity contribution in [1.82, 2.24) is 0 Å². The van der Waals surface area contributed by atoms with E-state index < -0.39 is 0 Å². The highest BCUT2D eigenvalue weighted by molar-refractivity contribution is 9.10. The number of ketones is 1. The zero-order chi connectivity index (χ0) is 15.0. The molecule has 0 radical (unpaired) electrons. The molecule has 2 aromatic carbocycles. The Kier molecular flexibility index (Phi) is 3.66. The van der Waals surface area contributed by atoms with Crippen LogP contribution in [0.3, 0.4) is 0 Å². The summed E-state index contributed by atoms with van der Waals surface area (Å²) >= 11 is 9.19. The first-order chi connectivity index (χ1) is 10.1. The standard InChI is InChI=1S/C16H8BrClO3/c17-10-3-1-9(2-4-10)15(19)13-8-21-14-6-5-11(18)7-12(14)16(13)20/h1-8H. The number of carbonyl (C=O) groups is 1. The van der Waals surface area contributed by atoms with Crippen molar-refractivity contribution >= 4 is 44.3 Å². The molecule has 5 heteroatoms. The molecule has 21 heavy (non-hydrogen) atoms. The van der Waals surface area contributed by atoms with Crippen molar-refractivity contribution in [1.29, 1.82) is 0 Å². The van der Waals surface area contributed by atoms with E-state index in [1.807, 2.05) is 0 Å². The van der Waals surface area contributed by atoms with Gasteiger partial charge in [0.15, 0.2) is 5.78 Å². The van der Waals surface area contributed by atoms with E-state index in [4.69, 9.17) is 16.0 Å². The Morgan fingerprint density at radius 1 is 1.10 bits per heavy atom. The number of benzene rings is 2. The van der Waals surface area contributed by atoms with E-state index >= 15 is 0 Å². The molecule has 0 saturated carbocycles. The second-order valence-corrected chi connectivity index (χ2v) is 5.81. The maximum Gasteiger partial charge on any atom is 0.203 e. The maximum atomic E-state index is 12.4. The number of fused-ring (bicyclic) bond motifs is 1. The molecule has 3 nitrogen and oxygen atoms in total. The SMILES string of the molecule is O=C(c1ccc(Br)cc1)c1coc2ccc(Cl)cc2c1=O. The summed E-state index contributed by atoms with van der Waals surface area (Å²) in [6.07, 6.45) is 1.20. The van der Waals surface area contributed by atoms with Gasteiger partial charge in [-0.2, -0.15) is 0 Å². The van der Waals surface area contributed by atoms with Crippen LogP contribution in [0.2, 0.25) is 5.02 Å². The summed E-state index contributed by atoms with van der Waals surface area (Å²) in [4.78, 5) is 24.8. The molecule has 0 saturated heterocycles. The number of halogens is 2. The van der Waals surface area contributed by atoms with Gasteiger partial charge in [0.2, 0.25) is 5.43 Å². The van der Waals surface area contributed by atoms with Gasteiger partial charge >= 0.3 is 0 Å². The largest absolute Gasteiger partial charge is 0.463 e. The van der Waals surface area contributed by atoms with Crippen LogP contribution in [-0.4, -0.2) is 5.78 Å². The maximum absolute atomic E-state index is 12.4. The van der Waals surface area contributed by atoms with Gasteiger partial charge in [-0.05, 0) is 42.5 Å². The van der Waals surface area contributed by atoms with Gasteiger partial charge in [0, 0.05) is 15.1 Å². The Morgan fingerprint density at radius 2 is 1.81 bits per heavy atom. The van der Waals surface area contributed by atoms with Crippen LogP contribution in [-0.2, 0) is 0 Å². The molecule has 0 N–H and O–H groups in total. The van der Waals surface area contributed by atoms with Gasteiger partial charge in [-0.1, -0.05) is 27.5 Å². The van der Waals surface area contributed by atoms with Crippen LogP contribution in [0.1, 0.15) is 15.9 Å². The first kappa shape index (κ1) is 14.0. The Balaban J connectivity index is 2.16. The van der Waals surface area contributed by atoms with Crippen LogP contribution in [0.15, 0.2) is 62.4 Å². The van der Waals surface area contributed by atoms with Crippen molar-refractivity contribution in [3.8, 4) is 0 Å². The Morgan fingerprint density at radius 3 is 2.52 bits per heavy atom. The van der Waals surface area contributed by atoms with E-state index in [-0.39, 0.29) is 16.8 Å². The van der Waals surface area contributed by atoms with Crippen molar-refractivity contribution in [2.24, 2.45) is 0 Å². The minimum atomic E-state index is -0.383. The monoisotopic (exact) mass is 362 g/mol. The van der Waals surface area contributed by atoms with E-state index in [9.17, 15) is 9.59 Å². The van der Waals surface area contributed by atoms with E-state index in [0.29, 0.717) is 21.6 Å². The molecule has 0 bridgehead atoms. The minimum absolute atomic E-state index is 0.00732. The average molecular weight is 364 g/mol. The lowest BCUT2D eigenvalue weighted by atomic mass is 10.0. The van der Waals surface area contributed by atoms with Gasteiger partial charge in [-0.15, -0.1) is 0 Å². The zero-order valence-corrected chi connectivity index (χ0v) is 12.9. The highest BCUT2D eigenvalue weighted by Crippen LogP contribution is 2.19. The number of hydrogen-bond donors (Lipinski definition) is 0. The Labute approximate surface area is 133 Å². The van der Waals surface area contributed by atoms with Crippen LogP contribution in [0, 0.1) is 0 Å². The van der Waals surface area contributed by atoms with Crippen LogP contribution in [0.5, 0.6) is 0 Å². The minimum Gasteiger partial charge on any atom is -0.463 e. The van der Waals surface area contributed by atoms with Crippen molar-refractivity contribution in [3.63, 3.8) is 0 Å². The topological polar surface area (TPSA) is 47.3 Å². The fraction of sp³-hybridized carbons (Fsp3) is 0. The zero-order valence-electron chi connectivity index (χ0n) is 10.6. The third kappa shape index (κ3) is 2.64. The number of rotatable bonds is 2. The summed E-state index contributed by atoms with van der Waals surface area (Å²) in [5.74, 6) is -0.377. The highest BCUT2D eigenvalue weighted by Gasteiger charge is 2.16. The fourth-order valence-electron chi connectivity index (χ4n) is 2.02. The summed E-state index contributed by atoms with van der Waals surface area (Å²) in [6.45, 7) is 0. The molecule has 0 atom stereocenters. The van der Waals surface area contributed by atoms with E-state index in [1.54, 1.807) is 36.4 Å². The Hall–Kier alpha value is -1.91. The lowest BCUT2D eigenvalue weighted by molar-refractivity contribution is 0.103. The molecular formula is C16H8BrClO3. The summed E-state index contributed by atoms with van der Waals surface area (Å²) in [5.41, 5.74) is 0.433. The molecule has 3 aromatic rings. The van der Waals surface area contributed by atoms with Crippen LogP contribution in [0.25, 0.3) is 11.0 Å². The summed E-state index contributed by atoms with van der Waals surface area (Å²) < 4.78 is 6.21. The number of hydrogen-bond acceptors (Lipinski definition) is 3. The molecule has 0 spiro atoms. The van der Waals surface area contributed by atoms with Crippen LogP contribution >= 0.6 is 27.5 Å². The van der Waals surface area contributed by atoms with Gasteiger partial charge < -0.3 is 4.42 Å². The summed E-state index contributed by atoms with van der Waals surface area (Å²) in [5, 5.41) is 0.716. The van der Waals surface area contributed by atoms with E-state index in [0.717, 1.165) is 4.47 Å². The molecule has 0 aliphatic heterocycles. The molecule has 3 rings (SSSR count). The molecule has 1 aromatic heterocycles. The third-order valence-electron chi connectivity index (χ3n) is 3.09. The average Bonchev–Trinajstić information content (AvgIpc) is 2.48. The molecule has 0 aliphatic rings. The predicted molar refractivity (Wildman–Crippen MR) is 85.1 cm³/mol. The quantitative estimate of drug-likeness (QED) is 0.632. The van der Waals surface area contributed by atoms with Crippen molar-refractivity contribution in [3.05, 3.63) is 79.6 Å². The van der Waals surface area contributed by atoms with Crippen molar-refractivity contribution in [2.75, 3.05) is 0 Å². The van der Waals surface area contributed by atoms with Crippen molar-refractivity contribution in [2.45, 2.75) is 0 Å². The normalized spacial score (nSPS) is 10.8. The Bertz CT molecular complexity index is 898. The predicted octanol–water partition coefficient (Wildman–Crippen LogP) is 4.44. The van der Waals surface area contributed by atoms with E-state index in [2.05, 4.69) is 15.9 Å². The first-order valence-corrected chi connectivity index (χ1v) is 7.25. The van der Waals surface area contributed by atoms with Gasteiger partial charge in [0.25, 0.3) is 0 Å². The second-order valence-electron chi connectivity index (χ2n) is 4.46. The van der Waals surface area contributed by atoms with Gasteiger partial charge in [0.05, 0.1) is 5.39 Å². The van der Waals surface area contributed by atoms with Gasteiger partial charge in [-0.3, -0.25) is 9.59 Å². The fourth-order valence-corrected chi connectivity index (χ4v) is 2.45. The molecule has 0 fully saturated rings. The van der Waals surface area contributed by atoms with Crippen LogP contribution < -0.4 is 5.43 Å². The summed E-state index contributed by atoms with van der Waals surface area (Å²) in [7, 11) is 0. The number of carbonyl (C=O) groups excluding carboxylic acids is 1. The third-order valence-corrected chi connectivity index (χ3v) is 3.85. The lowest BCUT2D eigenvalue weighted by Gasteiger charge is -2.03. The van der Waals surface area contributed by atoms with E-state index in [1.165, 1.54) is 12.3 Å². The molecule has 1 heterocycles. The van der Waals surface area contributed by atoms with Crippen LogP contribution in [0.4, 0.5) is 0 Å². The summed E-state index contributed by atoms with van der Waals surface area (Å²) in [6, 6.07) is 11.5. The van der Waals surface area contributed by atoms with Crippen molar-refractivity contribution < 1.29 is 9.21 Å². The van der Waals surface area contributed by atoms with Gasteiger partial charge in [-0.25, -0.2) is 0 Å². The molecular weight excluding hydrogens is 356 g/mol. The molecule has 104 valence electrons. The molecule has 0 unspecified atom stereocenters. The first-order valence-electron chi connectivity index (χ1n) is 6.07. The second kappa shape index (κ2) is 5.47. The molecule has 0 aliphatic carbocycles. The van der Waals surface area contributed by atoms with Gasteiger partial charge in [0.1, 0.15) is 17.4 Å². The lowest BCUT2D eigenvalue weighted by Crippen LogP contribution is -2.15. The highest BCUT2D eigenvalue weighted by atomic mass is 79.9.